The monoisotopic (exact) mass is 290 g/mol. The number of aromatic nitrogens is 2. The highest BCUT2D eigenvalue weighted by Crippen LogP contribution is 2.20. The van der Waals surface area contributed by atoms with E-state index in [0.29, 0.717) is 17.6 Å². The minimum atomic E-state index is -0.297. The van der Waals surface area contributed by atoms with Gasteiger partial charge in [-0.25, -0.2) is 9.37 Å². The normalized spacial score (nSPS) is 10.7. The van der Waals surface area contributed by atoms with Gasteiger partial charge in [0.1, 0.15) is 11.6 Å². The molecule has 0 atom stereocenters. The summed E-state index contributed by atoms with van der Waals surface area (Å²) in [5.74, 6) is 1.27. The summed E-state index contributed by atoms with van der Waals surface area (Å²) in [5, 5.41) is 0. The first-order valence-electron chi connectivity index (χ1n) is 6.67. The number of nitrogens with zero attached hydrogens (tertiary/aromatic N) is 4. The van der Waals surface area contributed by atoms with Gasteiger partial charge in [-0.05, 0) is 38.4 Å². The van der Waals surface area contributed by atoms with Crippen LogP contribution in [0.2, 0.25) is 0 Å². The van der Waals surface area contributed by atoms with Crippen molar-refractivity contribution in [1.82, 2.24) is 14.9 Å². The summed E-state index contributed by atoms with van der Waals surface area (Å²) < 4.78 is 18.4. The molecule has 0 aliphatic carbocycles. The topological polar surface area (TPSA) is 41.5 Å². The van der Waals surface area contributed by atoms with Crippen molar-refractivity contribution in [2.45, 2.75) is 0 Å². The van der Waals surface area contributed by atoms with E-state index in [1.165, 1.54) is 12.1 Å². The molecular weight excluding hydrogens is 271 g/mol. The van der Waals surface area contributed by atoms with Crippen LogP contribution >= 0.6 is 0 Å². The van der Waals surface area contributed by atoms with E-state index in [4.69, 9.17) is 4.74 Å². The zero-order valence-corrected chi connectivity index (χ0v) is 12.5. The number of hydrogen-bond donors (Lipinski definition) is 0. The van der Waals surface area contributed by atoms with Gasteiger partial charge >= 0.3 is 0 Å². The molecule has 0 aliphatic heterocycles. The predicted molar refractivity (Wildman–Crippen MR) is 80.3 cm³/mol. The summed E-state index contributed by atoms with van der Waals surface area (Å²) in [6.07, 6.45) is 1.65. The Hall–Kier alpha value is -2.21. The van der Waals surface area contributed by atoms with Crippen molar-refractivity contribution in [3.8, 4) is 11.6 Å². The number of hydrogen-bond acceptors (Lipinski definition) is 5. The molecule has 0 saturated carbocycles. The van der Waals surface area contributed by atoms with Crippen LogP contribution in [0.1, 0.15) is 0 Å². The van der Waals surface area contributed by atoms with Crippen molar-refractivity contribution < 1.29 is 9.13 Å². The third-order valence-corrected chi connectivity index (χ3v) is 2.88. The summed E-state index contributed by atoms with van der Waals surface area (Å²) in [6, 6.07) is 7.49. The fourth-order valence-corrected chi connectivity index (χ4v) is 1.65. The Morgan fingerprint density at radius 1 is 1.05 bits per heavy atom. The van der Waals surface area contributed by atoms with E-state index in [1.54, 1.807) is 24.4 Å². The lowest BCUT2D eigenvalue weighted by atomic mass is 10.3. The number of benzene rings is 1. The number of ether oxygens (including phenoxy) is 1. The minimum Gasteiger partial charge on any atom is -0.439 e. The first-order chi connectivity index (χ1) is 10.0. The molecule has 2 rings (SSSR count). The van der Waals surface area contributed by atoms with Gasteiger partial charge in [0, 0.05) is 32.4 Å². The summed E-state index contributed by atoms with van der Waals surface area (Å²) in [5.41, 5.74) is 0. The Morgan fingerprint density at radius 3 is 2.43 bits per heavy atom. The van der Waals surface area contributed by atoms with Gasteiger partial charge in [0.15, 0.2) is 0 Å². The maximum absolute atomic E-state index is 12.9. The zero-order chi connectivity index (χ0) is 15.2. The van der Waals surface area contributed by atoms with Crippen molar-refractivity contribution in [2.75, 3.05) is 39.1 Å². The smallest absolute Gasteiger partial charge is 0.228 e. The first-order valence-corrected chi connectivity index (χ1v) is 6.67. The molecule has 0 amide bonds. The standard InChI is InChI=1S/C15H19FN4O/c1-19(2)10-11-20(3)15-17-9-8-14(18-15)21-13-6-4-12(16)5-7-13/h4-9H,10-11H2,1-3H3. The highest BCUT2D eigenvalue weighted by Gasteiger charge is 2.07. The van der Waals surface area contributed by atoms with Crippen molar-refractivity contribution in [3.05, 3.63) is 42.3 Å². The van der Waals surface area contributed by atoms with E-state index >= 15 is 0 Å². The van der Waals surface area contributed by atoms with Crippen molar-refractivity contribution in [1.29, 1.82) is 0 Å². The molecule has 0 saturated heterocycles. The summed E-state index contributed by atoms with van der Waals surface area (Å²) in [4.78, 5) is 12.6. The summed E-state index contributed by atoms with van der Waals surface area (Å²) in [7, 11) is 5.96. The van der Waals surface area contributed by atoms with Gasteiger partial charge in [-0.1, -0.05) is 0 Å². The zero-order valence-electron chi connectivity index (χ0n) is 12.5. The molecule has 0 bridgehead atoms. The van der Waals surface area contributed by atoms with E-state index < -0.39 is 0 Å². The Balaban J connectivity index is 2.05. The van der Waals surface area contributed by atoms with Crippen LogP contribution in [-0.2, 0) is 0 Å². The van der Waals surface area contributed by atoms with Crippen LogP contribution in [0.3, 0.4) is 0 Å². The second kappa shape index (κ2) is 6.99. The van der Waals surface area contributed by atoms with Crippen LogP contribution in [0, 0.1) is 5.82 Å². The van der Waals surface area contributed by atoms with Gasteiger partial charge in [-0.2, -0.15) is 4.98 Å². The maximum atomic E-state index is 12.9. The van der Waals surface area contributed by atoms with E-state index in [9.17, 15) is 4.39 Å². The van der Waals surface area contributed by atoms with Crippen LogP contribution in [0.5, 0.6) is 11.6 Å². The van der Waals surface area contributed by atoms with Gasteiger partial charge in [0.25, 0.3) is 0 Å². The molecule has 1 aromatic heterocycles. The molecule has 5 nitrogen and oxygen atoms in total. The second-order valence-corrected chi connectivity index (χ2v) is 4.98. The lowest BCUT2D eigenvalue weighted by Gasteiger charge is -2.19. The van der Waals surface area contributed by atoms with E-state index in [1.807, 2.05) is 26.0 Å². The molecule has 0 unspecified atom stereocenters. The van der Waals surface area contributed by atoms with Gasteiger partial charge < -0.3 is 14.5 Å². The van der Waals surface area contributed by atoms with Gasteiger partial charge in [-0.15, -0.1) is 0 Å². The molecule has 0 N–H and O–H groups in total. The molecule has 0 fully saturated rings. The number of likely N-dealkylation sites (N-methyl/N-ethyl adjacent to an activating group) is 2. The fourth-order valence-electron chi connectivity index (χ4n) is 1.65. The Labute approximate surface area is 124 Å². The number of anilines is 1. The number of rotatable bonds is 6. The predicted octanol–water partition coefficient (Wildman–Crippen LogP) is 2.41. The van der Waals surface area contributed by atoms with E-state index in [0.717, 1.165) is 13.1 Å². The molecular formula is C15H19FN4O. The molecule has 0 spiro atoms. The fraction of sp³-hybridized carbons (Fsp3) is 0.333. The van der Waals surface area contributed by atoms with Crippen LogP contribution in [-0.4, -0.2) is 49.1 Å². The van der Waals surface area contributed by atoms with E-state index in [-0.39, 0.29) is 5.82 Å². The van der Waals surface area contributed by atoms with Gasteiger partial charge in [0.2, 0.25) is 11.8 Å². The molecule has 6 heteroatoms. The molecule has 21 heavy (non-hydrogen) atoms. The minimum absolute atomic E-state index is 0.297. The lowest BCUT2D eigenvalue weighted by molar-refractivity contribution is 0.415. The third kappa shape index (κ3) is 4.68. The van der Waals surface area contributed by atoms with Crippen LogP contribution in [0.25, 0.3) is 0 Å². The molecule has 2 aromatic rings. The molecule has 0 aliphatic rings. The van der Waals surface area contributed by atoms with Crippen LogP contribution in [0.15, 0.2) is 36.5 Å². The molecule has 112 valence electrons. The van der Waals surface area contributed by atoms with E-state index in [2.05, 4.69) is 14.9 Å². The molecule has 1 aromatic carbocycles. The third-order valence-electron chi connectivity index (χ3n) is 2.88. The second-order valence-electron chi connectivity index (χ2n) is 4.98. The number of halogens is 1. The Bertz CT molecular complexity index is 574. The van der Waals surface area contributed by atoms with Crippen molar-refractivity contribution >= 4 is 5.95 Å². The highest BCUT2D eigenvalue weighted by molar-refractivity contribution is 5.33. The van der Waals surface area contributed by atoms with Gasteiger partial charge in [0.05, 0.1) is 0 Å². The first kappa shape index (κ1) is 15.2. The Kier molecular flexibility index (Phi) is 5.05. The maximum Gasteiger partial charge on any atom is 0.228 e. The van der Waals surface area contributed by atoms with Crippen molar-refractivity contribution in [3.63, 3.8) is 0 Å². The Morgan fingerprint density at radius 2 is 1.76 bits per heavy atom. The average Bonchev–Trinajstić information content (AvgIpc) is 2.47. The summed E-state index contributed by atoms with van der Waals surface area (Å²) in [6.45, 7) is 1.72. The largest absolute Gasteiger partial charge is 0.439 e. The summed E-state index contributed by atoms with van der Waals surface area (Å²) >= 11 is 0. The SMILES string of the molecule is CN(C)CCN(C)c1nccc(Oc2ccc(F)cc2)n1. The van der Waals surface area contributed by atoms with Gasteiger partial charge in [-0.3, -0.25) is 0 Å². The highest BCUT2D eigenvalue weighted by atomic mass is 19.1. The molecule has 0 radical (unpaired) electrons. The van der Waals surface area contributed by atoms with Crippen LogP contribution in [0.4, 0.5) is 10.3 Å². The average molecular weight is 290 g/mol. The lowest BCUT2D eigenvalue weighted by Crippen LogP contribution is -2.29. The molecule has 1 heterocycles. The van der Waals surface area contributed by atoms with Crippen molar-refractivity contribution in [2.24, 2.45) is 0 Å². The quantitative estimate of drug-likeness (QED) is 0.817. The van der Waals surface area contributed by atoms with Crippen LogP contribution < -0.4 is 9.64 Å².